The van der Waals surface area contributed by atoms with E-state index < -0.39 is 0 Å². The molecule has 2 fully saturated rings. The van der Waals surface area contributed by atoms with E-state index in [4.69, 9.17) is 4.74 Å². The van der Waals surface area contributed by atoms with Crippen molar-refractivity contribution in [3.05, 3.63) is 24.1 Å². The number of halogens is 1. The molecule has 0 saturated carbocycles. The summed E-state index contributed by atoms with van der Waals surface area (Å²) in [4.78, 5) is 3.91. The summed E-state index contributed by atoms with van der Waals surface area (Å²) in [5, 5.41) is 3.27. The molecular weight excluding hydrogens is 227 g/mol. The molecule has 3 rings (SSSR count). The maximum atomic E-state index is 13.3. The first-order chi connectivity index (χ1) is 7.77. The van der Waals surface area contributed by atoms with Crippen LogP contribution < -0.4 is 10.1 Å². The van der Waals surface area contributed by atoms with Gasteiger partial charge in [-0.3, -0.25) is 0 Å². The predicted octanol–water partition coefficient (Wildman–Crippen LogP) is 1.45. The van der Waals surface area contributed by atoms with Crippen LogP contribution >= 0.6 is 11.8 Å². The van der Waals surface area contributed by atoms with Crippen LogP contribution in [0.3, 0.4) is 0 Å². The van der Waals surface area contributed by atoms with Gasteiger partial charge in [0.25, 0.3) is 5.88 Å². The molecule has 0 bridgehead atoms. The van der Waals surface area contributed by atoms with Crippen molar-refractivity contribution in [2.24, 2.45) is 0 Å². The molecule has 1 aromatic rings. The zero-order valence-electron chi connectivity index (χ0n) is 8.78. The fraction of sp³-hybridized carbons (Fsp3) is 0.545. The first-order valence-corrected chi connectivity index (χ1v) is 6.38. The number of rotatable bonds is 2. The van der Waals surface area contributed by atoms with Gasteiger partial charge < -0.3 is 10.1 Å². The van der Waals surface area contributed by atoms with Gasteiger partial charge in [-0.2, -0.15) is 0 Å². The third-order valence-corrected chi connectivity index (χ3v) is 4.68. The Morgan fingerprint density at radius 1 is 1.56 bits per heavy atom. The molecule has 0 amide bonds. The fourth-order valence-corrected chi connectivity index (χ4v) is 3.58. The highest BCUT2D eigenvalue weighted by molar-refractivity contribution is 8.01. The van der Waals surface area contributed by atoms with Crippen LogP contribution in [0.15, 0.2) is 18.3 Å². The van der Waals surface area contributed by atoms with E-state index in [2.05, 4.69) is 10.3 Å². The Kier molecular flexibility index (Phi) is 2.52. The van der Waals surface area contributed by atoms with E-state index in [1.54, 1.807) is 12.3 Å². The monoisotopic (exact) mass is 240 g/mol. The van der Waals surface area contributed by atoms with Crippen LogP contribution in [0.1, 0.15) is 6.42 Å². The number of nitrogens with one attached hydrogen (secondary N) is 1. The highest BCUT2D eigenvalue weighted by Crippen LogP contribution is 2.42. The largest absolute Gasteiger partial charge is 0.471 e. The summed E-state index contributed by atoms with van der Waals surface area (Å²) in [5.41, 5.74) is 0. The molecule has 1 N–H and O–H groups in total. The van der Waals surface area contributed by atoms with Crippen LogP contribution in [0.2, 0.25) is 0 Å². The molecule has 2 aliphatic rings. The summed E-state index contributed by atoms with van der Waals surface area (Å²) in [6, 6.07) is 2.95. The van der Waals surface area contributed by atoms with Crippen LogP contribution in [-0.2, 0) is 0 Å². The second-order valence-electron chi connectivity index (χ2n) is 4.33. The molecule has 1 spiro atoms. The molecular formula is C11H13FN2OS. The van der Waals surface area contributed by atoms with Crippen LogP contribution in [0.25, 0.3) is 0 Å². The van der Waals surface area contributed by atoms with Crippen molar-refractivity contribution < 1.29 is 9.13 Å². The first-order valence-electron chi connectivity index (χ1n) is 5.39. The number of nitrogens with zero attached hydrogens (tertiary/aromatic N) is 1. The SMILES string of the molecule is Fc1cccnc1OC1CSC2(CNC2)C1. The maximum absolute atomic E-state index is 13.3. The minimum Gasteiger partial charge on any atom is -0.471 e. The van der Waals surface area contributed by atoms with Gasteiger partial charge in [-0.05, 0) is 12.1 Å². The summed E-state index contributed by atoms with van der Waals surface area (Å²) < 4.78 is 19.3. The molecule has 1 unspecified atom stereocenters. The zero-order chi connectivity index (χ0) is 11.0. The van der Waals surface area contributed by atoms with E-state index in [1.165, 1.54) is 6.07 Å². The molecule has 0 radical (unpaired) electrons. The van der Waals surface area contributed by atoms with E-state index in [9.17, 15) is 4.39 Å². The van der Waals surface area contributed by atoms with Crippen molar-refractivity contribution in [3.63, 3.8) is 0 Å². The molecule has 1 atom stereocenters. The van der Waals surface area contributed by atoms with Crippen molar-refractivity contribution in [1.29, 1.82) is 0 Å². The Labute approximate surface area is 97.8 Å². The van der Waals surface area contributed by atoms with Crippen LogP contribution in [0, 0.1) is 5.82 Å². The lowest BCUT2D eigenvalue weighted by Gasteiger charge is -2.38. The van der Waals surface area contributed by atoms with Crippen molar-refractivity contribution in [2.45, 2.75) is 17.3 Å². The summed E-state index contributed by atoms with van der Waals surface area (Å²) in [6.07, 6.45) is 2.64. The minimum absolute atomic E-state index is 0.0940. The maximum Gasteiger partial charge on any atom is 0.250 e. The fourth-order valence-electron chi connectivity index (χ4n) is 2.14. The summed E-state index contributed by atoms with van der Waals surface area (Å²) >= 11 is 1.93. The topological polar surface area (TPSA) is 34.1 Å². The van der Waals surface area contributed by atoms with Gasteiger partial charge in [-0.1, -0.05) is 0 Å². The van der Waals surface area contributed by atoms with Gasteiger partial charge >= 0.3 is 0 Å². The van der Waals surface area contributed by atoms with Gasteiger partial charge in [0, 0.05) is 36.2 Å². The molecule has 5 heteroatoms. The Morgan fingerprint density at radius 2 is 2.44 bits per heavy atom. The Hall–Kier alpha value is -0.810. The van der Waals surface area contributed by atoms with Crippen molar-refractivity contribution in [3.8, 4) is 5.88 Å². The predicted molar refractivity (Wildman–Crippen MR) is 61.3 cm³/mol. The van der Waals surface area contributed by atoms with Crippen molar-refractivity contribution >= 4 is 11.8 Å². The highest BCUT2D eigenvalue weighted by Gasteiger charge is 2.45. The van der Waals surface area contributed by atoms with Gasteiger partial charge in [0.15, 0.2) is 5.82 Å². The Morgan fingerprint density at radius 3 is 3.06 bits per heavy atom. The highest BCUT2D eigenvalue weighted by atomic mass is 32.2. The van der Waals surface area contributed by atoms with Crippen LogP contribution in [0.4, 0.5) is 4.39 Å². The van der Waals surface area contributed by atoms with Crippen LogP contribution in [0.5, 0.6) is 5.88 Å². The second-order valence-corrected chi connectivity index (χ2v) is 5.82. The van der Waals surface area contributed by atoms with Gasteiger partial charge in [0.2, 0.25) is 0 Å². The summed E-state index contributed by atoms with van der Waals surface area (Å²) in [7, 11) is 0. The van der Waals surface area contributed by atoms with Gasteiger partial charge in [0.05, 0.1) is 0 Å². The molecule has 0 aromatic carbocycles. The molecule has 2 aliphatic heterocycles. The quantitative estimate of drug-likeness (QED) is 0.848. The molecule has 3 heterocycles. The van der Waals surface area contributed by atoms with Gasteiger partial charge in [0.1, 0.15) is 6.10 Å². The third-order valence-electron chi connectivity index (χ3n) is 3.07. The number of hydrogen-bond donors (Lipinski definition) is 1. The third kappa shape index (κ3) is 1.78. The van der Waals surface area contributed by atoms with E-state index >= 15 is 0 Å². The Bertz CT molecular complexity index is 397. The number of thioether (sulfide) groups is 1. The lowest BCUT2D eigenvalue weighted by molar-refractivity contribution is 0.180. The Balaban J connectivity index is 1.66. The molecule has 0 aliphatic carbocycles. The second kappa shape index (κ2) is 3.89. The van der Waals surface area contributed by atoms with Crippen LogP contribution in [-0.4, -0.2) is 34.7 Å². The summed E-state index contributed by atoms with van der Waals surface area (Å²) in [6.45, 7) is 2.09. The smallest absolute Gasteiger partial charge is 0.250 e. The molecule has 86 valence electrons. The van der Waals surface area contributed by atoms with E-state index in [-0.39, 0.29) is 17.8 Å². The standard InChI is InChI=1S/C11H13FN2OS/c12-9-2-1-3-14-10(9)15-8-4-11(16-5-8)6-13-7-11/h1-3,8,13H,4-7H2. The lowest BCUT2D eigenvalue weighted by Crippen LogP contribution is -2.56. The minimum atomic E-state index is -0.375. The number of hydrogen-bond acceptors (Lipinski definition) is 4. The molecule has 1 aromatic heterocycles. The van der Waals surface area contributed by atoms with E-state index in [0.29, 0.717) is 4.75 Å². The lowest BCUT2D eigenvalue weighted by atomic mass is 9.96. The van der Waals surface area contributed by atoms with Gasteiger partial charge in [-0.15, -0.1) is 11.8 Å². The molecule has 16 heavy (non-hydrogen) atoms. The summed E-state index contributed by atoms with van der Waals surface area (Å²) in [5.74, 6) is 0.690. The number of ether oxygens (including phenoxy) is 1. The van der Waals surface area contributed by atoms with Crippen molar-refractivity contribution in [1.82, 2.24) is 10.3 Å². The van der Waals surface area contributed by atoms with E-state index in [1.807, 2.05) is 11.8 Å². The molecule has 3 nitrogen and oxygen atoms in total. The first kappa shape index (κ1) is 10.4. The van der Waals surface area contributed by atoms with E-state index in [0.717, 1.165) is 25.3 Å². The van der Waals surface area contributed by atoms with Gasteiger partial charge in [-0.25, -0.2) is 9.37 Å². The number of pyridine rings is 1. The zero-order valence-corrected chi connectivity index (χ0v) is 9.60. The normalized spacial score (nSPS) is 26.7. The average Bonchev–Trinajstić information content (AvgIpc) is 2.65. The number of aromatic nitrogens is 1. The van der Waals surface area contributed by atoms with Crippen molar-refractivity contribution in [2.75, 3.05) is 18.8 Å². The molecule has 2 saturated heterocycles. The average molecular weight is 240 g/mol.